The van der Waals surface area contributed by atoms with Gasteiger partial charge in [-0.25, -0.2) is 0 Å². The van der Waals surface area contributed by atoms with Gasteiger partial charge in [-0.15, -0.1) is 0 Å². The molecule has 1 amide bonds. The van der Waals surface area contributed by atoms with Crippen molar-refractivity contribution in [1.29, 1.82) is 0 Å². The van der Waals surface area contributed by atoms with Crippen molar-refractivity contribution in [3.8, 4) is 0 Å². The maximum Gasteiger partial charge on any atom is 0.251 e. The van der Waals surface area contributed by atoms with E-state index in [0.717, 1.165) is 27.8 Å². The molecule has 0 spiro atoms. The zero-order valence-corrected chi connectivity index (χ0v) is 17.1. The predicted octanol–water partition coefficient (Wildman–Crippen LogP) is 4.64. The Kier molecular flexibility index (Phi) is 4.60. The Bertz CT molecular complexity index is 1280. The van der Waals surface area contributed by atoms with Crippen molar-refractivity contribution < 1.29 is 4.79 Å². The average molecular weight is 415 g/mol. The van der Waals surface area contributed by atoms with Crippen LogP contribution in [0.1, 0.15) is 16.7 Å². The Morgan fingerprint density at radius 2 is 1.90 bits per heavy atom. The number of halogens is 1. The SMILES string of the molecule is CN1C(=O)C(Cc2ccc3ccccc3c2)N=C(c2cn[nH]c2)c2cc(Cl)ccc21. The summed E-state index contributed by atoms with van der Waals surface area (Å²) in [5.41, 5.74) is 4.21. The van der Waals surface area contributed by atoms with Gasteiger partial charge in [0.2, 0.25) is 0 Å². The molecule has 0 saturated heterocycles. The van der Waals surface area contributed by atoms with Crippen LogP contribution in [0, 0.1) is 0 Å². The average Bonchev–Trinajstić information content (AvgIpc) is 3.27. The van der Waals surface area contributed by atoms with Gasteiger partial charge in [-0.3, -0.25) is 14.9 Å². The van der Waals surface area contributed by atoms with Crippen LogP contribution in [0.2, 0.25) is 5.02 Å². The quantitative estimate of drug-likeness (QED) is 0.530. The van der Waals surface area contributed by atoms with E-state index < -0.39 is 6.04 Å². The van der Waals surface area contributed by atoms with Crippen LogP contribution in [0.5, 0.6) is 0 Å². The third-order valence-corrected chi connectivity index (χ3v) is 5.73. The molecule has 1 aromatic heterocycles. The first-order valence-electron chi connectivity index (χ1n) is 9.72. The minimum Gasteiger partial charge on any atom is -0.313 e. The summed E-state index contributed by atoms with van der Waals surface area (Å²) in [4.78, 5) is 19.9. The Morgan fingerprint density at radius 3 is 2.70 bits per heavy atom. The summed E-state index contributed by atoms with van der Waals surface area (Å²) in [5, 5.41) is 9.83. The minimum atomic E-state index is -0.549. The Hall–Kier alpha value is -3.44. The van der Waals surface area contributed by atoms with Gasteiger partial charge in [-0.2, -0.15) is 5.10 Å². The first-order chi connectivity index (χ1) is 14.6. The lowest BCUT2D eigenvalue weighted by atomic mass is 10.0. The molecule has 30 heavy (non-hydrogen) atoms. The van der Waals surface area contributed by atoms with Gasteiger partial charge >= 0.3 is 0 Å². The van der Waals surface area contributed by atoms with Crippen molar-refractivity contribution >= 4 is 39.7 Å². The van der Waals surface area contributed by atoms with Gasteiger partial charge in [-0.05, 0) is 34.5 Å². The second-order valence-electron chi connectivity index (χ2n) is 7.42. The zero-order valence-electron chi connectivity index (χ0n) is 16.3. The van der Waals surface area contributed by atoms with E-state index in [1.54, 1.807) is 30.4 Å². The Morgan fingerprint density at radius 1 is 1.07 bits per heavy atom. The summed E-state index contributed by atoms with van der Waals surface area (Å²) in [6, 6.07) is 19.5. The number of rotatable bonds is 3. The third kappa shape index (κ3) is 3.27. The second kappa shape index (κ2) is 7.43. The molecule has 0 fully saturated rings. The molecule has 5 nitrogen and oxygen atoms in total. The van der Waals surface area contributed by atoms with Gasteiger partial charge in [0.15, 0.2) is 0 Å². The summed E-state index contributed by atoms with van der Waals surface area (Å²) in [5.74, 6) is -0.0507. The monoisotopic (exact) mass is 414 g/mol. The van der Waals surface area contributed by atoms with Gasteiger partial charge in [0.25, 0.3) is 5.91 Å². The van der Waals surface area contributed by atoms with E-state index in [0.29, 0.717) is 17.2 Å². The summed E-state index contributed by atoms with van der Waals surface area (Å²) in [6.45, 7) is 0. The predicted molar refractivity (Wildman–Crippen MR) is 121 cm³/mol. The number of H-pyrrole nitrogens is 1. The lowest BCUT2D eigenvalue weighted by Gasteiger charge is -2.20. The highest BCUT2D eigenvalue weighted by atomic mass is 35.5. The first kappa shape index (κ1) is 18.6. The van der Waals surface area contributed by atoms with E-state index >= 15 is 0 Å². The number of amides is 1. The molecular formula is C24H19ClN4O. The summed E-state index contributed by atoms with van der Waals surface area (Å²) in [7, 11) is 1.79. The highest BCUT2D eigenvalue weighted by Gasteiger charge is 2.30. The molecule has 4 aromatic rings. The summed E-state index contributed by atoms with van der Waals surface area (Å²) in [6.07, 6.45) is 4.01. The maximum absolute atomic E-state index is 13.3. The maximum atomic E-state index is 13.3. The van der Waals surface area contributed by atoms with E-state index in [-0.39, 0.29) is 5.91 Å². The lowest BCUT2D eigenvalue weighted by molar-refractivity contribution is -0.119. The van der Waals surface area contributed by atoms with Crippen LogP contribution in [0.4, 0.5) is 5.69 Å². The fraction of sp³-hybridized carbons (Fsp3) is 0.125. The number of anilines is 1. The van der Waals surface area contributed by atoms with E-state index in [4.69, 9.17) is 16.6 Å². The number of likely N-dealkylation sites (N-methyl/N-ethyl adjacent to an activating group) is 1. The molecule has 0 bridgehead atoms. The fourth-order valence-electron chi connectivity index (χ4n) is 3.95. The minimum absolute atomic E-state index is 0.0507. The van der Waals surface area contributed by atoms with Crippen molar-refractivity contribution in [2.45, 2.75) is 12.5 Å². The molecule has 148 valence electrons. The van der Waals surface area contributed by atoms with Crippen LogP contribution in [0.15, 0.2) is 78.0 Å². The van der Waals surface area contributed by atoms with Gasteiger partial charge in [0, 0.05) is 35.8 Å². The third-order valence-electron chi connectivity index (χ3n) is 5.49. The molecule has 6 heteroatoms. The number of benzodiazepines with no additional fused rings is 1. The molecule has 0 radical (unpaired) electrons. The number of aromatic amines is 1. The van der Waals surface area contributed by atoms with Crippen molar-refractivity contribution in [1.82, 2.24) is 10.2 Å². The van der Waals surface area contributed by atoms with Crippen molar-refractivity contribution in [3.63, 3.8) is 0 Å². The number of hydrogen-bond acceptors (Lipinski definition) is 3. The van der Waals surface area contributed by atoms with Gasteiger partial charge in [-0.1, -0.05) is 54.1 Å². The van der Waals surface area contributed by atoms with Crippen LogP contribution in [0.3, 0.4) is 0 Å². The number of carbonyl (C=O) groups excluding carboxylic acids is 1. The number of benzene rings is 3. The number of fused-ring (bicyclic) bond motifs is 2. The fourth-order valence-corrected chi connectivity index (χ4v) is 4.12. The van der Waals surface area contributed by atoms with E-state index in [1.165, 1.54) is 5.39 Å². The molecule has 1 N–H and O–H groups in total. The van der Waals surface area contributed by atoms with Gasteiger partial charge < -0.3 is 4.90 Å². The van der Waals surface area contributed by atoms with Gasteiger partial charge in [0.05, 0.1) is 17.6 Å². The topological polar surface area (TPSA) is 61.4 Å². The van der Waals surface area contributed by atoms with Crippen LogP contribution < -0.4 is 4.90 Å². The molecule has 1 aliphatic heterocycles. The smallest absolute Gasteiger partial charge is 0.251 e. The van der Waals surface area contributed by atoms with Crippen LogP contribution in [-0.2, 0) is 11.2 Å². The molecular weight excluding hydrogens is 396 g/mol. The molecule has 1 unspecified atom stereocenters. The lowest BCUT2D eigenvalue weighted by Crippen LogP contribution is -2.36. The molecule has 1 aliphatic rings. The van der Waals surface area contributed by atoms with Crippen molar-refractivity contribution in [2.24, 2.45) is 4.99 Å². The summed E-state index contributed by atoms with van der Waals surface area (Å²) < 4.78 is 0. The molecule has 1 atom stereocenters. The molecule has 3 aromatic carbocycles. The zero-order chi connectivity index (χ0) is 20.7. The van der Waals surface area contributed by atoms with E-state index in [2.05, 4.69) is 40.5 Å². The van der Waals surface area contributed by atoms with Crippen LogP contribution >= 0.6 is 11.6 Å². The molecule has 0 aliphatic carbocycles. The molecule has 5 rings (SSSR count). The largest absolute Gasteiger partial charge is 0.313 e. The Balaban J connectivity index is 1.61. The van der Waals surface area contributed by atoms with Crippen LogP contribution in [-0.4, -0.2) is 34.9 Å². The van der Waals surface area contributed by atoms with Crippen LogP contribution in [0.25, 0.3) is 10.8 Å². The van der Waals surface area contributed by atoms with Crippen molar-refractivity contribution in [2.75, 3.05) is 11.9 Å². The van der Waals surface area contributed by atoms with Gasteiger partial charge in [0.1, 0.15) is 6.04 Å². The number of hydrogen-bond donors (Lipinski definition) is 1. The standard InChI is InChI=1S/C24H19ClN4O/c1-29-22-9-8-19(25)12-20(22)23(18-13-26-27-14-18)28-21(24(29)30)11-15-6-7-16-4-2-3-5-17(16)10-15/h2-10,12-14,21H,11H2,1H3,(H,26,27). The first-order valence-corrected chi connectivity index (χ1v) is 10.1. The molecule has 2 heterocycles. The number of aromatic nitrogens is 2. The van der Waals surface area contributed by atoms with E-state index in [1.807, 2.05) is 24.3 Å². The van der Waals surface area contributed by atoms with Crippen molar-refractivity contribution in [3.05, 3.63) is 94.8 Å². The number of aliphatic imine (C=N–C) groups is 1. The summed E-state index contributed by atoms with van der Waals surface area (Å²) >= 11 is 6.28. The normalized spacial score (nSPS) is 16.3. The number of carbonyl (C=O) groups is 1. The number of nitrogens with zero attached hydrogens (tertiary/aromatic N) is 3. The highest BCUT2D eigenvalue weighted by molar-refractivity contribution is 6.32. The second-order valence-corrected chi connectivity index (χ2v) is 7.86. The Labute approximate surface area is 179 Å². The number of nitrogens with one attached hydrogen (secondary N) is 1. The van der Waals surface area contributed by atoms with E-state index in [9.17, 15) is 4.79 Å². The highest BCUT2D eigenvalue weighted by Crippen LogP contribution is 2.31. The molecule has 0 saturated carbocycles.